The van der Waals surface area contributed by atoms with E-state index < -0.39 is 15.6 Å². The summed E-state index contributed by atoms with van der Waals surface area (Å²) in [4.78, 5) is 8.87. The summed E-state index contributed by atoms with van der Waals surface area (Å²) in [6, 6.07) is 14.8. The lowest BCUT2D eigenvalue weighted by atomic mass is 9.85. The van der Waals surface area contributed by atoms with Crippen molar-refractivity contribution in [2.45, 2.75) is 37.2 Å². The highest BCUT2D eigenvalue weighted by Gasteiger charge is 2.31. The van der Waals surface area contributed by atoms with Gasteiger partial charge < -0.3 is 15.2 Å². The molecule has 1 fully saturated rings. The monoisotopic (exact) mass is 534 g/mol. The predicted molar refractivity (Wildman–Crippen MR) is 143 cm³/mol. The molecule has 2 aromatic carbocycles. The zero-order valence-corrected chi connectivity index (χ0v) is 22.3. The fourth-order valence-corrected chi connectivity index (χ4v) is 5.60. The van der Waals surface area contributed by atoms with Crippen molar-refractivity contribution in [3.05, 3.63) is 77.6 Å². The summed E-state index contributed by atoms with van der Waals surface area (Å²) in [7, 11) is -2.34. The molecule has 2 aromatic heterocycles. The van der Waals surface area contributed by atoms with E-state index in [0.717, 1.165) is 35.3 Å². The summed E-state index contributed by atoms with van der Waals surface area (Å²) in [5.41, 5.74) is 3.31. The van der Waals surface area contributed by atoms with Gasteiger partial charge in [-0.2, -0.15) is 10.1 Å². The number of sulfonamides is 1. The molecule has 0 saturated carbocycles. The molecule has 0 radical (unpaired) electrons. The van der Waals surface area contributed by atoms with Gasteiger partial charge in [-0.25, -0.2) is 18.1 Å². The fraction of sp³-hybridized carbons (Fsp3) is 0.296. The van der Waals surface area contributed by atoms with Crippen molar-refractivity contribution in [1.82, 2.24) is 25.1 Å². The van der Waals surface area contributed by atoms with Crippen LogP contribution in [0.5, 0.6) is 11.6 Å². The third kappa shape index (κ3) is 5.40. The number of ether oxygens (including phenoxy) is 1. The molecular weight excluding hydrogens is 504 g/mol. The van der Waals surface area contributed by atoms with Crippen LogP contribution >= 0.6 is 0 Å². The van der Waals surface area contributed by atoms with Gasteiger partial charge in [0.15, 0.2) is 0 Å². The van der Waals surface area contributed by atoms with Crippen LogP contribution in [-0.2, 0) is 22.7 Å². The average Bonchev–Trinajstić information content (AvgIpc) is 3.32. The summed E-state index contributed by atoms with van der Waals surface area (Å²) in [5, 5.41) is 18.2. The molecule has 5 rings (SSSR count). The average molecular weight is 535 g/mol. The topological polar surface area (TPSA) is 131 Å². The van der Waals surface area contributed by atoms with Crippen molar-refractivity contribution < 1.29 is 18.3 Å². The lowest BCUT2D eigenvalue weighted by Gasteiger charge is -2.33. The first-order chi connectivity index (χ1) is 18.1. The molecule has 11 heteroatoms. The number of hydrogen-bond acceptors (Lipinski definition) is 8. The van der Waals surface area contributed by atoms with E-state index in [-0.39, 0.29) is 16.7 Å². The number of aromatic nitrogens is 4. The Hall–Kier alpha value is -3.80. The maximum atomic E-state index is 13.0. The van der Waals surface area contributed by atoms with Crippen LogP contribution in [0.1, 0.15) is 29.5 Å². The molecule has 0 spiro atoms. The summed E-state index contributed by atoms with van der Waals surface area (Å²) in [6.07, 6.45) is 3.93. The second-order valence-corrected chi connectivity index (χ2v) is 11.2. The van der Waals surface area contributed by atoms with Crippen LogP contribution in [0.2, 0.25) is 0 Å². The van der Waals surface area contributed by atoms with Gasteiger partial charge in [-0.05, 0) is 68.6 Å². The van der Waals surface area contributed by atoms with E-state index in [1.807, 2.05) is 44.2 Å². The van der Waals surface area contributed by atoms with Gasteiger partial charge in [-0.1, -0.05) is 30.3 Å². The van der Waals surface area contributed by atoms with Crippen LogP contribution in [0.4, 0.5) is 5.95 Å². The number of aryl methyl sites for hydroxylation is 3. The summed E-state index contributed by atoms with van der Waals surface area (Å²) in [6.45, 7) is 5.45. The van der Waals surface area contributed by atoms with E-state index in [9.17, 15) is 13.5 Å². The number of nitrogens with zero attached hydrogens (tertiary/aromatic N) is 4. The van der Waals surface area contributed by atoms with E-state index in [2.05, 4.69) is 25.1 Å². The van der Waals surface area contributed by atoms with E-state index in [4.69, 9.17) is 4.74 Å². The Labute approximate surface area is 221 Å². The number of piperidine rings is 1. The minimum absolute atomic E-state index is 0.00465. The second-order valence-electron chi connectivity index (χ2n) is 9.55. The standard InChI is InChI=1S/C27H30N6O4S/c1-18-5-4-6-19(2)25(18)23-15-24(31-26(30-23)32-38(35,36)22-16-29-33(3)17-22)37-21-9-7-20(8-10-21)27(34)11-13-28-14-12-27/h4-10,15-17,28,34H,11-14H2,1-3H3,(H,30,31,32). The zero-order chi connectivity index (χ0) is 26.9. The smallest absolute Gasteiger partial charge is 0.267 e. The van der Waals surface area contributed by atoms with Crippen molar-refractivity contribution in [1.29, 1.82) is 0 Å². The van der Waals surface area contributed by atoms with Gasteiger partial charge in [0.25, 0.3) is 10.0 Å². The Morgan fingerprint density at radius 2 is 1.74 bits per heavy atom. The van der Waals surface area contributed by atoms with Crippen molar-refractivity contribution in [2.75, 3.05) is 17.8 Å². The number of aliphatic hydroxyl groups is 1. The first kappa shape index (κ1) is 25.8. The van der Waals surface area contributed by atoms with Crippen molar-refractivity contribution in [3.63, 3.8) is 0 Å². The maximum absolute atomic E-state index is 13.0. The van der Waals surface area contributed by atoms with Crippen LogP contribution in [0.3, 0.4) is 0 Å². The molecular formula is C27H30N6O4S. The van der Waals surface area contributed by atoms with E-state index in [1.165, 1.54) is 17.1 Å². The Morgan fingerprint density at radius 3 is 2.37 bits per heavy atom. The molecule has 1 aliphatic heterocycles. The largest absolute Gasteiger partial charge is 0.439 e. The van der Waals surface area contributed by atoms with Gasteiger partial charge in [-0.15, -0.1) is 0 Å². The molecule has 3 N–H and O–H groups in total. The zero-order valence-electron chi connectivity index (χ0n) is 21.5. The van der Waals surface area contributed by atoms with E-state index in [1.54, 1.807) is 25.2 Å². The Balaban J connectivity index is 1.49. The third-order valence-electron chi connectivity index (χ3n) is 6.70. The van der Waals surface area contributed by atoms with Gasteiger partial charge in [0.05, 0.1) is 17.5 Å². The Bertz CT molecular complexity index is 1540. The predicted octanol–water partition coefficient (Wildman–Crippen LogP) is 3.66. The van der Waals surface area contributed by atoms with Gasteiger partial charge in [-0.3, -0.25) is 4.68 Å². The molecule has 3 heterocycles. The number of rotatable bonds is 7. The minimum Gasteiger partial charge on any atom is -0.439 e. The van der Waals surface area contributed by atoms with Crippen LogP contribution in [0, 0.1) is 13.8 Å². The van der Waals surface area contributed by atoms with Crippen LogP contribution in [0.15, 0.2) is 65.8 Å². The quantitative estimate of drug-likeness (QED) is 0.327. The summed E-state index contributed by atoms with van der Waals surface area (Å²) < 4.78 is 35.9. The molecule has 0 aliphatic carbocycles. The lowest BCUT2D eigenvalue weighted by molar-refractivity contribution is 0.00592. The number of nitrogens with one attached hydrogen (secondary N) is 2. The van der Waals surface area contributed by atoms with Crippen LogP contribution in [0.25, 0.3) is 11.3 Å². The highest BCUT2D eigenvalue weighted by molar-refractivity contribution is 7.92. The molecule has 38 heavy (non-hydrogen) atoms. The molecule has 1 aliphatic rings. The third-order valence-corrected chi connectivity index (χ3v) is 7.98. The first-order valence-electron chi connectivity index (χ1n) is 12.3. The highest BCUT2D eigenvalue weighted by Crippen LogP contribution is 2.34. The normalized spacial score (nSPS) is 15.3. The molecule has 0 amide bonds. The van der Waals surface area contributed by atoms with Gasteiger partial charge in [0.1, 0.15) is 10.6 Å². The van der Waals surface area contributed by atoms with Crippen LogP contribution < -0.4 is 14.8 Å². The molecule has 10 nitrogen and oxygen atoms in total. The van der Waals surface area contributed by atoms with Crippen LogP contribution in [-0.4, -0.2) is 46.4 Å². The first-order valence-corrected chi connectivity index (χ1v) is 13.8. The molecule has 198 valence electrons. The minimum atomic E-state index is -3.97. The lowest BCUT2D eigenvalue weighted by Crippen LogP contribution is -2.39. The van der Waals surface area contributed by atoms with Gasteiger partial charge in [0, 0.05) is 24.9 Å². The SMILES string of the molecule is Cc1cccc(C)c1-c1cc(Oc2ccc(C3(O)CCNCC3)cc2)nc(NS(=O)(=O)c2cnn(C)c2)n1. The van der Waals surface area contributed by atoms with Crippen molar-refractivity contribution in [3.8, 4) is 22.9 Å². The number of benzene rings is 2. The second kappa shape index (κ2) is 10.2. The molecule has 0 atom stereocenters. The molecule has 0 bridgehead atoms. The van der Waals surface area contributed by atoms with E-state index >= 15 is 0 Å². The molecule has 1 saturated heterocycles. The highest BCUT2D eigenvalue weighted by atomic mass is 32.2. The Morgan fingerprint density at radius 1 is 1.05 bits per heavy atom. The molecule has 0 unspecified atom stereocenters. The number of hydrogen-bond donors (Lipinski definition) is 3. The van der Waals surface area contributed by atoms with E-state index in [0.29, 0.717) is 24.3 Å². The summed E-state index contributed by atoms with van der Waals surface area (Å²) in [5.74, 6) is 0.554. The molecule has 4 aromatic rings. The van der Waals surface area contributed by atoms with Crippen molar-refractivity contribution >= 4 is 16.0 Å². The Kier molecular flexibility index (Phi) is 6.91. The summed E-state index contributed by atoms with van der Waals surface area (Å²) >= 11 is 0. The van der Waals surface area contributed by atoms with Crippen molar-refractivity contribution in [2.24, 2.45) is 7.05 Å². The van der Waals surface area contributed by atoms with Gasteiger partial charge in [0.2, 0.25) is 11.8 Å². The maximum Gasteiger partial charge on any atom is 0.267 e. The van der Waals surface area contributed by atoms with Gasteiger partial charge >= 0.3 is 0 Å². The number of anilines is 1. The fourth-order valence-electron chi connectivity index (χ4n) is 4.67.